The predicted octanol–water partition coefficient (Wildman–Crippen LogP) is 1.95. The van der Waals surface area contributed by atoms with Gasteiger partial charge in [-0.05, 0) is 30.0 Å². The first-order chi connectivity index (χ1) is 10.8. The molecular weight excluding hydrogens is 298 g/mol. The Balaban J connectivity index is 1.64. The van der Waals surface area contributed by atoms with Gasteiger partial charge in [0, 0.05) is 30.7 Å². The first-order valence-electron chi connectivity index (χ1n) is 7.43. The number of ether oxygens (including phenoxy) is 1. The molecule has 0 atom stereocenters. The Morgan fingerprint density at radius 3 is 2.95 bits per heavy atom. The molecule has 22 heavy (non-hydrogen) atoms. The molecule has 0 unspecified atom stereocenters. The largest absolute Gasteiger partial charge is 0.378 e. The van der Waals surface area contributed by atoms with Crippen LogP contribution in [0.3, 0.4) is 0 Å². The molecule has 0 aromatic carbocycles. The number of nitrogens with one attached hydrogen (secondary N) is 1. The molecule has 0 bridgehead atoms. The maximum absolute atomic E-state index is 12.4. The van der Waals surface area contributed by atoms with Gasteiger partial charge in [0.15, 0.2) is 0 Å². The summed E-state index contributed by atoms with van der Waals surface area (Å²) in [5.74, 6) is 0.686. The Labute approximate surface area is 133 Å². The molecule has 1 aliphatic rings. The van der Waals surface area contributed by atoms with Crippen LogP contribution in [0.4, 0.5) is 5.82 Å². The van der Waals surface area contributed by atoms with Crippen molar-refractivity contribution in [2.24, 2.45) is 0 Å². The molecule has 0 radical (unpaired) electrons. The molecule has 1 amide bonds. The Morgan fingerprint density at radius 1 is 1.32 bits per heavy atom. The summed E-state index contributed by atoms with van der Waals surface area (Å²) < 4.78 is 5.36. The lowest BCUT2D eigenvalue weighted by Crippen LogP contribution is -2.38. The van der Waals surface area contributed by atoms with E-state index in [1.165, 1.54) is 4.88 Å². The summed E-state index contributed by atoms with van der Waals surface area (Å²) in [7, 11) is 0. The van der Waals surface area contributed by atoms with Crippen LogP contribution < -0.4 is 10.2 Å². The number of amides is 1. The van der Waals surface area contributed by atoms with Gasteiger partial charge in [-0.15, -0.1) is 11.3 Å². The molecule has 0 aliphatic carbocycles. The SMILES string of the molecule is O=C(NCCc1cccs1)c1cccnc1N1CCOCC1. The maximum atomic E-state index is 12.4. The fraction of sp³-hybridized carbons (Fsp3) is 0.375. The Morgan fingerprint density at radius 2 is 2.18 bits per heavy atom. The number of thiophene rings is 1. The van der Waals surface area contributed by atoms with Crippen molar-refractivity contribution in [3.63, 3.8) is 0 Å². The summed E-state index contributed by atoms with van der Waals surface area (Å²) >= 11 is 1.71. The third kappa shape index (κ3) is 3.64. The van der Waals surface area contributed by atoms with Gasteiger partial charge in [-0.3, -0.25) is 4.79 Å². The van der Waals surface area contributed by atoms with Crippen LogP contribution in [0, 0.1) is 0 Å². The van der Waals surface area contributed by atoms with E-state index in [-0.39, 0.29) is 5.91 Å². The second kappa shape index (κ2) is 7.38. The van der Waals surface area contributed by atoms with Crippen molar-refractivity contribution in [1.29, 1.82) is 0 Å². The quantitative estimate of drug-likeness (QED) is 0.916. The van der Waals surface area contributed by atoms with Gasteiger partial charge in [-0.2, -0.15) is 0 Å². The molecule has 0 saturated carbocycles. The molecule has 2 aromatic rings. The monoisotopic (exact) mass is 317 g/mol. The molecule has 116 valence electrons. The van der Waals surface area contributed by atoms with Crippen molar-refractivity contribution < 1.29 is 9.53 Å². The van der Waals surface area contributed by atoms with Crippen LogP contribution in [0.25, 0.3) is 0 Å². The minimum atomic E-state index is -0.0638. The number of hydrogen-bond acceptors (Lipinski definition) is 5. The number of morpholine rings is 1. The lowest BCUT2D eigenvalue weighted by Gasteiger charge is -2.29. The Bertz CT molecular complexity index is 610. The lowest BCUT2D eigenvalue weighted by atomic mass is 10.2. The van der Waals surface area contributed by atoms with Crippen LogP contribution in [0.2, 0.25) is 0 Å². The van der Waals surface area contributed by atoms with E-state index in [1.54, 1.807) is 23.6 Å². The normalized spacial score (nSPS) is 14.8. The summed E-state index contributed by atoms with van der Waals surface area (Å²) in [6.07, 6.45) is 2.59. The molecule has 6 heteroatoms. The van der Waals surface area contributed by atoms with Gasteiger partial charge in [-0.25, -0.2) is 4.98 Å². The van der Waals surface area contributed by atoms with Gasteiger partial charge < -0.3 is 15.0 Å². The summed E-state index contributed by atoms with van der Waals surface area (Å²) in [5.41, 5.74) is 0.635. The van der Waals surface area contributed by atoms with E-state index in [2.05, 4.69) is 26.6 Å². The number of anilines is 1. The van der Waals surface area contributed by atoms with Crippen molar-refractivity contribution in [2.75, 3.05) is 37.7 Å². The van der Waals surface area contributed by atoms with Crippen LogP contribution in [-0.4, -0.2) is 43.7 Å². The highest BCUT2D eigenvalue weighted by molar-refractivity contribution is 7.09. The minimum Gasteiger partial charge on any atom is -0.378 e. The van der Waals surface area contributed by atoms with Crippen molar-refractivity contribution in [3.05, 3.63) is 46.3 Å². The zero-order valence-corrected chi connectivity index (χ0v) is 13.1. The highest BCUT2D eigenvalue weighted by atomic mass is 32.1. The zero-order chi connectivity index (χ0) is 15.2. The fourth-order valence-electron chi connectivity index (χ4n) is 2.45. The summed E-state index contributed by atoms with van der Waals surface area (Å²) in [6.45, 7) is 3.53. The molecule has 0 spiro atoms. The standard InChI is InChI=1S/C16H19N3O2S/c20-16(18-7-5-13-3-2-12-22-13)14-4-1-6-17-15(14)19-8-10-21-11-9-19/h1-4,6,12H,5,7-11H2,(H,18,20). The molecule has 1 N–H and O–H groups in total. The number of carbonyl (C=O) groups excluding carboxylic acids is 1. The number of carbonyl (C=O) groups is 1. The fourth-order valence-corrected chi connectivity index (χ4v) is 3.16. The molecule has 5 nitrogen and oxygen atoms in total. The van der Waals surface area contributed by atoms with Gasteiger partial charge in [0.25, 0.3) is 5.91 Å². The van der Waals surface area contributed by atoms with E-state index in [0.29, 0.717) is 25.3 Å². The number of aromatic nitrogens is 1. The lowest BCUT2D eigenvalue weighted by molar-refractivity contribution is 0.0952. The average Bonchev–Trinajstić information content (AvgIpc) is 3.09. The zero-order valence-electron chi connectivity index (χ0n) is 12.3. The molecule has 2 aromatic heterocycles. The van der Waals surface area contributed by atoms with Gasteiger partial charge in [0.2, 0.25) is 0 Å². The van der Waals surface area contributed by atoms with E-state index >= 15 is 0 Å². The molecule has 3 rings (SSSR count). The second-order valence-electron chi connectivity index (χ2n) is 5.06. The van der Waals surface area contributed by atoms with Gasteiger partial charge in [-0.1, -0.05) is 6.07 Å². The number of pyridine rings is 1. The van der Waals surface area contributed by atoms with E-state index < -0.39 is 0 Å². The van der Waals surface area contributed by atoms with Crippen molar-refractivity contribution in [1.82, 2.24) is 10.3 Å². The van der Waals surface area contributed by atoms with Crippen LogP contribution >= 0.6 is 11.3 Å². The van der Waals surface area contributed by atoms with Crippen LogP contribution in [0.5, 0.6) is 0 Å². The van der Waals surface area contributed by atoms with Gasteiger partial charge >= 0.3 is 0 Å². The Hall–Kier alpha value is -1.92. The highest BCUT2D eigenvalue weighted by Gasteiger charge is 2.19. The van der Waals surface area contributed by atoms with Crippen LogP contribution in [-0.2, 0) is 11.2 Å². The number of rotatable bonds is 5. The van der Waals surface area contributed by atoms with E-state index in [0.717, 1.165) is 25.3 Å². The van der Waals surface area contributed by atoms with E-state index in [1.807, 2.05) is 12.1 Å². The summed E-state index contributed by atoms with van der Waals surface area (Å²) in [4.78, 5) is 20.2. The molecule has 1 fully saturated rings. The summed E-state index contributed by atoms with van der Waals surface area (Å²) in [6, 6.07) is 7.75. The topological polar surface area (TPSA) is 54.5 Å². The van der Waals surface area contributed by atoms with E-state index in [4.69, 9.17) is 4.74 Å². The van der Waals surface area contributed by atoms with E-state index in [9.17, 15) is 4.79 Å². The van der Waals surface area contributed by atoms with Gasteiger partial charge in [0.1, 0.15) is 5.82 Å². The first-order valence-corrected chi connectivity index (χ1v) is 8.31. The maximum Gasteiger partial charge on any atom is 0.255 e. The van der Waals surface area contributed by atoms with Gasteiger partial charge in [0.05, 0.1) is 18.8 Å². The summed E-state index contributed by atoms with van der Waals surface area (Å²) in [5, 5.41) is 5.04. The first kappa shape index (κ1) is 15.0. The third-order valence-corrected chi connectivity index (χ3v) is 4.52. The highest BCUT2D eigenvalue weighted by Crippen LogP contribution is 2.18. The van der Waals surface area contributed by atoms with Crippen molar-refractivity contribution >= 4 is 23.1 Å². The number of nitrogens with zero attached hydrogens (tertiary/aromatic N) is 2. The minimum absolute atomic E-state index is 0.0638. The second-order valence-corrected chi connectivity index (χ2v) is 6.09. The smallest absolute Gasteiger partial charge is 0.255 e. The van der Waals surface area contributed by atoms with Crippen LogP contribution in [0.15, 0.2) is 35.8 Å². The van der Waals surface area contributed by atoms with Crippen molar-refractivity contribution in [2.45, 2.75) is 6.42 Å². The van der Waals surface area contributed by atoms with Crippen molar-refractivity contribution in [3.8, 4) is 0 Å². The third-order valence-electron chi connectivity index (χ3n) is 3.58. The average molecular weight is 317 g/mol. The predicted molar refractivity (Wildman–Crippen MR) is 87.6 cm³/mol. The molecule has 3 heterocycles. The molecule has 1 aliphatic heterocycles. The Kier molecular flexibility index (Phi) is 5.03. The molecular formula is C16H19N3O2S. The molecule has 1 saturated heterocycles. The number of hydrogen-bond donors (Lipinski definition) is 1. The van der Waals surface area contributed by atoms with Crippen LogP contribution in [0.1, 0.15) is 15.2 Å².